The Bertz CT molecular complexity index is 1170. The van der Waals surface area contributed by atoms with Gasteiger partial charge in [-0.15, -0.1) is 0 Å². The third kappa shape index (κ3) is 5.44. The number of benzene rings is 3. The second-order valence-corrected chi connectivity index (χ2v) is 9.10. The number of sulfonamides is 1. The molecule has 0 heterocycles. The molecule has 0 saturated carbocycles. The smallest absolute Gasteiger partial charge is 0.261 e. The summed E-state index contributed by atoms with van der Waals surface area (Å²) >= 11 is 0. The normalized spacial score (nSPS) is 12.1. The van der Waals surface area contributed by atoms with Crippen molar-refractivity contribution in [1.82, 2.24) is 5.32 Å². The Morgan fingerprint density at radius 3 is 2.16 bits per heavy atom. The second-order valence-electron chi connectivity index (χ2n) is 7.42. The van der Waals surface area contributed by atoms with Crippen LogP contribution >= 0.6 is 0 Å². The molecule has 6 nitrogen and oxygen atoms in total. The molecule has 2 N–H and O–H groups in total. The molecular formula is C24H26N2O4S. The van der Waals surface area contributed by atoms with Gasteiger partial charge in [-0.25, -0.2) is 8.42 Å². The highest BCUT2D eigenvalue weighted by molar-refractivity contribution is 7.92. The highest BCUT2D eigenvalue weighted by Gasteiger charge is 2.17. The van der Waals surface area contributed by atoms with Gasteiger partial charge in [-0.2, -0.15) is 0 Å². The molecule has 0 spiro atoms. The summed E-state index contributed by atoms with van der Waals surface area (Å²) in [4.78, 5) is 12.9. The molecule has 0 saturated heterocycles. The summed E-state index contributed by atoms with van der Waals surface area (Å²) in [6, 6.07) is 18.8. The molecule has 3 aromatic rings. The Kier molecular flexibility index (Phi) is 6.65. The summed E-state index contributed by atoms with van der Waals surface area (Å²) in [5, 5.41) is 2.96. The van der Waals surface area contributed by atoms with Crippen LogP contribution in [0.3, 0.4) is 0 Å². The van der Waals surface area contributed by atoms with Crippen LogP contribution in [0.5, 0.6) is 5.75 Å². The van der Waals surface area contributed by atoms with Gasteiger partial charge in [-0.3, -0.25) is 9.52 Å². The number of hydrogen-bond acceptors (Lipinski definition) is 4. The molecule has 3 aromatic carbocycles. The zero-order valence-corrected chi connectivity index (χ0v) is 18.8. The summed E-state index contributed by atoms with van der Waals surface area (Å²) in [5.41, 5.74) is 3.47. The largest absolute Gasteiger partial charge is 0.497 e. The lowest BCUT2D eigenvalue weighted by Crippen LogP contribution is -2.26. The quantitative estimate of drug-likeness (QED) is 0.564. The molecule has 0 fully saturated rings. The van der Waals surface area contributed by atoms with E-state index in [4.69, 9.17) is 4.74 Å². The number of aryl methyl sites for hydroxylation is 2. The maximum absolute atomic E-state index is 12.7. The van der Waals surface area contributed by atoms with Gasteiger partial charge in [0.2, 0.25) is 0 Å². The van der Waals surface area contributed by atoms with Crippen LogP contribution in [0.2, 0.25) is 0 Å². The molecule has 0 radical (unpaired) electrons. The van der Waals surface area contributed by atoms with Gasteiger partial charge in [0, 0.05) is 5.56 Å². The maximum Gasteiger partial charge on any atom is 0.261 e. The minimum atomic E-state index is -3.71. The lowest BCUT2D eigenvalue weighted by atomic mass is 10.1. The standard InChI is InChI=1S/C24H26N2O4S/c1-16-5-12-22(13-6-16)31(28,29)26-23-14-9-20(15-17(23)2)24(27)25-18(3)19-7-10-21(30-4)11-8-19/h5-15,18,26H,1-4H3,(H,25,27)/t18-/m0/s1. The number of methoxy groups -OCH3 is 1. The predicted octanol–water partition coefficient (Wildman–Crippen LogP) is 4.60. The van der Waals surface area contributed by atoms with E-state index in [1.807, 2.05) is 38.1 Å². The lowest BCUT2D eigenvalue weighted by molar-refractivity contribution is 0.0940. The fraction of sp³-hybridized carbons (Fsp3) is 0.208. The number of carbonyl (C=O) groups excluding carboxylic acids is 1. The van der Waals surface area contributed by atoms with Crippen LogP contribution < -0.4 is 14.8 Å². The van der Waals surface area contributed by atoms with Crippen molar-refractivity contribution in [2.75, 3.05) is 11.8 Å². The van der Waals surface area contributed by atoms with Crippen molar-refractivity contribution >= 4 is 21.6 Å². The van der Waals surface area contributed by atoms with Gasteiger partial charge < -0.3 is 10.1 Å². The molecule has 0 aliphatic carbocycles. The molecule has 0 bridgehead atoms. The number of anilines is 1. The van der Waals surface area contributed by atoms with E-state index in [2.05, 4.69) is 10.0 Å². The maximum atomic E-state index is 12.7. The summed E-state index contributed by atoms with van der Waals surface area (Å²) < 4.78 is 33.0. The number of nitrogens with one attached hydrogen (secondary N) is 2. The predicted molar refractivity (Wildman–Crippen MR) is 122 cm³/mol. The van der Waals surface area contributed by atoms with Crippen LogP contribution in [0.4, 0.5) is 5.69 Å². The molecule has 3 rings (SSSR count). The van der Waals surface area contributed by atoms with Gasteiger partial charge in [0.05, 0.1) is 23.7 Å². The van der Waals surface area contributed by atoms with E-state index in [1.165, 1.54) is 0 Å². The molecule has 0 aliphatic heterocycles. The number of rotatable bonds is 7. The molecule has 162 valence electrons. The van der Waals surface area contributed by atoms with Gasteiger partial charge in [0.15, 0.2) is 0 Å². The summed E-state index contributed by atoms with van der Waals surface area (Å²) in [6.45, 7) is 5.56. The Labute approximate surface area is 183 Å². The van der Waals surface area contributed by atoms with Gasteiger partial charge in [-0.1, -0.05) is 29.8 Å². The van der Waals surface area contributed by atoms with E-state index in [1.54, 1.807) is 56.5 Å². The first kappa shape index (κ1) is 22.4. The minimum Gasteiger partial charge on any atom is -0.497 e. The molecule has 1 amide bonds. The Morgan fingerprint density at radius 2 is 1.58 bits per heavy atom. The first-order valence-electron chi connectivity index (χ1n) is 9.84. The zero-order chi connectivity index (χ0) is 22.6. The number of amides is 1. The van der Waals surface area contributed by atoms with Crippen molar-refractivity contribution in [3.05, 3.63) is 89.0 Å². The average molecular weight is 439 g/mol. The van der Waals surface area contributed by atoms with Gasteiger partial charge in [0.1, 0.15) is 5.75 Å². The minimum absolute atomic E-state index is 0.188. The van der Waals surface area contributed by atoms with Crippen molar-refractivity contribution in [2.45, 2.75) is 31.7 Å². The Morgan fingerprint density at radius 1 is 0.935 bits per heavy atom. The molecule has 0 aromatic heterocycles. The monoisotopic (exact) mass is 438 g/mol. The van der Waals surface area contributed by atoms with E-state index in [0.717, 1.165) is 16.9 Å². The van der Waals surface area contributed by atoms with Crippen molar-refractivity contribution < 1.29 is 17.9 Å². The number of hydrogen-bond donors (Lipinski definition) is 2. The first-order valence-corrected chi connectivity index (χ1v) is 11.3. The number of carbonyl (C=O) groups is 1. The fourth-order valence-corrected chi connectivity index (χ4v) is 4.23. The van der Waals surface area contributed by atoms with E-state index >= 15 is 0 Å². The van der Waals surface area contributed by atoms with Crippen molar-refractivity contribution in [3.8, 4) is 5.75 Å². The summed E-state index contributed by atoms with van der Waals surface area (Å²) in [6.07, 6.45) is 0. The molecule has 1 atom stereocenters. The van der Waals surface area contributed by atoms with E-state index < -0.39 is 10.0 Å². The Balaban J connectivity index is 1.72. The number of ether oxygens (including phenoxy) is 1. The highest BCUT2D eigenvalue weighted by atomic mass is 32.2. The van der Waals surface area contributed by atoms with Crippen LogP contribution in [0.1, 0.15) is 40.0 Å². The van der Waals surface area contributed by atoms with Crippen LogP contribution in [0.15, 0.2) is 71.6 Å². The van der Waals surface area contributed by atoms with E-state index in [0.29, 0.717) is 16.8 Å². The van der Waals surface area contributed by atoms with Crippen molar-refractivity contribution in [2.24, 2.45) is 0 Å². The molecule has 0 unspecified atom stereocenters. The SMILES string of the molecule is COc1ccc([C@H](C)NC(=O)c2ccc(NS(=O)(=O)c3ccc(C)cc3)c(C)c2)cc1. The summed E-state index contributed by atoms with van der Waals surface area (Å²) in [7, 11) is -2.10. The van der Waals surface area contributed by atoms with Crippen LogP contribution in [-0.4, -0.2) is 21.4 Å². The lowest BCUT2D eigenvalue weighted by Gasteiger charge is -2.16. The summed E-state index contributed by atoms with van der Waals surface area (Å²) in [5.74, 6) is 0.515. The van der Waals surface area contributed by atoms with Gasteiger partial charge >= 0.3 is 0 Å². The van der Waals surface area contributed by atoms with Crippen LogP contribution in [0, 0.1) is 13.8 Å². The third-order valence-corrected chi connectivity index (χ3v) is 6.41. The Hall–Kier alpha value is -3.32. The van der Waals surface area contributed by atoms with Gasteiger partial charge in [0.25, 0.3) is 15.9 Å². The van der Waals surface area contributed by atoms with Crippen molar-refractivity contribution in [3.63, 3.8) is 0 Å². The van der Waals surface area contributed by atoms with E-state index in [9.17, 15) is 13.2 Å². The van der Waals surface area contributed by atoms with Crippen molar-refractivity contribution in [1.29, 1.82) is 0 Å². The molecule has 7 heteroatoms. The molecule has 31 heavy (non-hydrogen) atoms. The topological polar surface area (TPSA) is 84.5 Å². The van der Waals surface area contributed by atoms with Crippen LogP contribution in [-0.2, 0) is 10.0 Å². The average Bonchev–Trinajstić information content (AvgIpc) is 2.75. The van der Waals surface area contributed by atoms with Crippen LogP contribution in [0.25, 0.3) is 0 Å². The van der Waals surface area contributed by atoms with E-state index in [-0.39, 0.29) is 16.8 Å². The molecular weight excluding hydrogens is 412 g/mol. The fourth-order valence-electron chi connectivity index (χ4n) is 3.10. The second kappa shape index (κ2) is 9.22. The zero-order valence-electron chi connectivity index (χ0n) is 18.0. The van der Waals surface area contributed by atoms with Gasteiger partial charge in [-0.05, 0) is 74.4 Å². The third-order valence-electron chi connectivity index (χ3n) is 5.03. The molecule has 0 aliphatic rings. The first-order chi connectivity index (χ1) is 14.7. The highest BCUT2D eigenvalue weighted by Crippen LogP contribution is 2.22.